The second kappa shape index (κ2) is 3.91. The lowest BCUT2D eigenvalue weighted by Gasteiger charge is -2.08. The zero-order chi connectivity index (χ0) is 11.0. The van der Waals surface area contributed by atoms with E-state index in [2.05, 4.69) is 41.7 Å². The lowest BCUT2D eigenvalue weighted by molar-refractivity contribution is 0.551. The lowest BCUT2D eigenvalue weighted by Crippen LogP contribution is -2.12. The van der Waals surface area contributed by atoms with Crippen molar-refractivity contribution in [2.75, 3.05) is 13.1 Å². The van der Waals surface area contributed by atoms with Crippen molar-refractivity contribution in [1.82, 2.24) is 15.1 Å². The van der Waals surface area contributed by atoms with Crippen LogP contribution in [-0.4, -0.2) is 22.9 Å². The maximum Gasteiger partial charge on any atom is 0.0926 e. The number of fused-ring (bicyclic) bond motifs is 1. The summed E-state index contributed by atoms with van der Waals surface area (Å²) in [5.74, 6) is 0.777. The minimum Gasteiger partial charge on any atom is -0.316 e. The number of nitrogens with one attached hydrogen (secondary N) is 1. The summed E-state index contributed by atoms with van der Waals surface area (Å²) >= 11 is 0. The minimum atomic E-state index is 0.777. The summed E-state index contributed by atoms with van der Waals surface area (Å²) in [5, 5.41) is 9.29. The van der Waals surface area contributed by atoms with E-state index in [-0.39, 0.29) is 0 Å². The van der Waals surface area contributed by atoms with E-state index in [1.807, 2.05) is 4.68 Å². The fraction of sp³-hybridized carbons (Fsp3) is 0.462. The molecule has 0 amide bonds. The van der Waals surface area contributed by atoms with E-state index >= 15 is 0 Å². The van der Waals surface area contributed by atoms with Crippen molar-refractivity contribution >= 4 is 10.9 Å². The molecule has 1 unspecified atom stereocenters. The molecule has 0 saturated carbocycles. The van der Waals surface area contributed by atoms with Crippen molar-refractivity contribution < 1.29 is 0 Å². The van der Waals surface area contributed by atoms with E-state index in [1.54, 1.807) is 0 Å². The van der Waals surface area contributed by atoms with Crippen LogP contribution in [0.25, 0.3) is 10.9 Å². The monoisotopic (exact) mass is 215 g/mol. The summed E-state index contributed by atoms with van der Waals surface area (Å²) in [6.07, 6.45) is 2.43. The van der Waals surface area contributed by atoms with Gasteiger partial charge in [0.1, 0.15) is 0 Å². The zero-order valence-electron chi connectivity index (χ0n) is 9.61. The summed E-state index contributed by atoms with van der Waals surface area (Å²) in [7, 11) is 2.05. The Labute approximate surface area is 95.5 Å². The molecule has 2 aromatic rings. The van der Waals surface area contributed by atoms with E-state index in [9.17, 15) is 0 Å². The van der Waals surface area contributed by atoms with Gasteiger partial charge in [0, 0.05) is 18.1 Å². The molecule has 0 bridgehead atoms. The van der Waals surface area contributed by atoms with E-state index < -0.39 is 0 Å². The predicted octanol–water partition coefficient (Wildman–Crippen LogP) is 1.73. The van der Waals surface area contributed by atoms with Gasteiger partial charge < -0.3 is 5.32 Å². The van der Waals surface area contributed by atoms with Gasteiger partial charge in [-0.25, -0.2) is 0 Å². The standard InChI is InChI=1S/C13H17N3/c1-16-13(8-10-6-7-14-9-10)11-4-2-3-5-12(11)15-16/h2-5,10,14H,6-9H2,1H3. The topological polar surface area (TPSA) is 29.9 Å². The molecular weight excluding hydrogens is 198 g/mol. The van der Waals surface area contributed by atoms with E-state index in [4.69, 9.17) is 0 Å². The van der Waals surface area contributed by atoms with Gasteiger partial charge in [-0.2, -0.15) is 5.10 Å². The highest BCUT2D eigenvalue weighted by Gasteiger charge is 2.18. The molecule has 3 nitrogen and oxygen atoms in total. The molecule has 1 N–H and O–H groups in total. The van der Waals surface area contributed by atoms with Gasteiger partial charge in [0.2, 0.25) is 0 Å². The molecule has 16 heavy (non-hydrogen) atoms. The van der Waals surface area contributed by atoms with E-state index in [0.717, 1.165) is 24.4 Å². The number of nitrogens with zero attached hydrogens (tertiary/aromatic N) is 2. The van der Waals surface area contributed by atoms with Crippen LogP contribution in [0.2, 0.25) is 0 Å². The predicted molar refractivity (Wildman–Crippen MR) is 65.4 cm³/mol. The minimum absolute atomic E-state index is 0.777. The molecule has 84 valence electrons. The maximum atomic E-state index is 4.55. The molecule has 1 aliphatic heterocycles. The molecule has 1 saturated heterocycles. The van der Waals surface area contributed by atoms with Gasteiger partial charge in [-0.15, -0.1) is 0 Å². The highest BCUT2D eigenvalue weighted by Crippen LogP contribution is 2.22. The number of hydrogen-bond acceptors (Lipinski definition) is 2. The third kappa shape index (κ3) is 1.61. The quantitative estimate of drug-likeness (QED) is 0.826. The van der Waals surface area contributed by atoms with Crippen LogP contribution in [-0.2, 0) is 13.5 Å². The summed E-state index contributed by atoms with van der Waals surface area (Å²) < 4.78 is 2.04. The normalized spacial score (nSPS) is 20.7. The number of aromatic nitrogens is 2. The molecule has 3 heteroatoms. The summed E-state index contributed by atoms with van der Waals surface area (Å²) in [6.45, 7) is 2.32. The number of aryl methyl sites for hydroxylation is 1. The molecule has 0 spiro atoms. The molecular formula is C13H17N3. The molecule has 1 aromatic heterocycles. The smallest absolute Gasteiger partial charge is 0.0926 e. The molecule has 0 radical (unpaired) electrons. The molecule has 0 aliphatic carbocycles. The van der Waals surface area contributed by atoms with Gasteiger partial charge in [-0.3, -0.25) is 4.68 Å². The summed E-state index contributed by atoms with van der Waals surface area (Å²) in [6, 6.07) is 8.42. The first-order valence-electron chi connectivity index (χ1n) is 5.96. The Kier molecular flexibility index (Phi) is 2.40. The molecule has 2 heterocycles. The van der Waals surface area contributed by atoms with Crippen LogP contribution < -0.4 is 5.32 Å². The van der Waals surface area contributed by atoms with E-state index in [1.165, 1.54) is 24.0 Å². The Balaban J connectivity index is 1.98. The van der Waals surface area contributed by atoms with Gasteiger partial charge in [0.25, 0.3) is 0 Å². The van der Waals surface area contributed by atoms with Crippen molar-refractivity contribution in [3.8, 4) is 0 Å². The van der Waals surface area contributed by atoms with Gasteiger partial charge in [-0.05, 0) is 37.9 Å². The second-order valence-electron chi connectivity index (χ2n) is 4.65. The second-order valence-corrected chi connectivity index (χ2v) is 4.65. The van der Waals surface area contributed by atoms with Crippen LogP contribution in [0.4, 0.5) is 0 Å². The third-order valence-electron chi connectivity index (χ3n) is 3.51. The van der Waals surface area contributed by atoms with Gasteiger partial charge >= 0.3 is 0 Å². The maximum absolute atomic E-state index is 4.55. The van der Waals surface area contributed by atoms with E-state index in [0.29, 0.717) is 0 Å². The first-order chi connectivity index (χ1) is 7.84. The first kappa shape index (κ1) is 9.85. The highest BCUT2D eigenvalue weighted by molar-refractivity contribution is 5.81. The van der Waals surface area contributed by atoms with Gasteiger partial charge in [-0.1, -0.05) is 18.2 Å². The van der Waals surface area contributed by atoms with Crippen molar-refractivity contribution in [1.29, 1.82) is 0 Å². The Hall–Kier alpha value is -1.35. The van der Waals surface area contributed by atoms with Crippen molar-refractivity contribution in [3.05, 3.63) is 30.0 Å². The Morgan fingerprint density at radius 1 is 1.44 bits per heavy atom. The van der Waals surface area contributed by atoms with Crippen LogP contribution >= 0.6 is 0 Å². The van der Waals surface area contributed by atoms with Crippen molar-refractivity contribution in [3.63, 3.8) is 0 Å². The Morgan fingerprint density at radius 2 is 2.31 bits per heavy atom. The Bertz CT molecular complexity index is 495. The lowest BCUT2D eigenvalue weighted by atomic mass is 10.0. The Morgan fingerprint density at radius 3 is 3.12 bits per heavy atom. The molecule has 1 aliphatic rings. The largest absolute Gasteiger partial charge is 0.316 e. The fourth-order valence-electron chi connectivity index (χ4n) is 2.61. The fourth-order valence-corrected chi connectivity index (χ4v) is 2.61. The van der Waals surface area contributed by atoms with Crippen LogP contribution in [0, 0.1) is 5.92 Å². The molecule has 1 atom stereocenters. The van der Waals surface area contributed by atoms with Gasteiger partial charge in [0.05, 0.1) is 5.52 Å². The SMILES string of the molecule is Cn1nc2ccccc2c1CC1CCNC1. The number of hydrogen-bond donors (Lipinski definition) is 1. The average Bonchev–Trinajstić information content (AvgIpc) is 2.89. The molecule has 1 fully saturated rings. The highest BCUT2D eigenvalue weighted by atomic mass is 15.3. The van der Waals surface area contributed by atoms with Crippen LogP contribution in [0.5, 0.6) is 0 Å². The summed E-state index contributed by atoms with van der Waals surface area (Å²) in [4.78, 5) is 0. The zero-order valence-corrected chi connectivity index (χ0v) is 9.61. The van der Waals surface area contributed by atoms with Gasteiger partial charge in [0.15, 0.2) is 0 Å². The third-order valence-corrected chi connectivity index (χ3v) is 3.51. The van der Waals surface area contributed by atoms with Crippen LogP contribution in [0.3, 0.4) is 0 Å². The average molecular weight is 215 g/mol. The van der Waals surface area contributed by atoms with Crippen LogP contribution in [0.1, 0.15) is 12.1 Å². The number of benzene rings is 1. The number of rotatable bonds is 2. The first-order valence-corrected chi connectivity index (χ1v) is 5.96. The van der Waals surface area contributed by atoms with Crippen molar-refractivity contribution in [2.24, 2.45) is 13.0 Å². The van der Waals surface area contributed by atoms with Crippen LogP contribution in [0.15, 0.2) is 24.3 Å². The van der Waals surface area contributed by atoms with Crippen molar-refractivity contribution in [2.45, 2.75) is 12.8 Å². The molecule has 1 aromatic carbocycles. The summed E-state index contributed by atoms with van der Waals surface area (Å²) in [5.41, 5.74) is 2.50. The molecule has 3 rings (SSSR count).